The van der Waals surface area contributed by atoms with Crippen molar-refractivity contribution < 1.29 is 17.2 Å². The number of halogens is 1. The summed E-state index contributed by atoms with van der Waals surface area (Å²) < 4.78 is 43.3. The average molecular weight is 325 g/mol. The molecule has 0 amide bonds. The number of rotatable bonds is 3. The lowest BCUT2D eigenvalue weighted by Gasteiger charge is -2.28. The van der Waals surface area contributed by atoms with Gasteiger partial charge >= 0.3 is 0 Å². The van der Waals surface area contributed by atoms with Crippen LogP contribution < -0.4 is 0 Å². The summed E-state index contributed by atoms with van der Waals surface area (Å²) in [6.07, 6.45) is 2.76. The predicted octanol–water partition coefficient (Wildman–Crippen LogP) is 2.01. The molecule has 2 heterocycles. The zero-order valence-corrected chi connectivity index (χ0v) is 12.9. The number of benzene rings is 1. The van der Waals surface area contributed by atoms with E-state index in [9.17, 15) is 12.8 Å². The minimum absolute atomic E-state index is 0.106. The van der Waals surface area contributed by atoms with E-state index >= 15 is 0 Å². The van der Waals surface area contributed by atoms with Crippen LogP contribution in [0.15, 0.2) is 28.7 Å². The molecule has 0 N–H and O–H groups in total. The van der Waals surface area contributed by atoms with E-state index in [0.29, 0.717) is 30.4 Å². The van der Waals surface area contributed by atoms with Crippen LogP contribution in [-0.4, -0.2) is 42.3 Å². The van der Waals surface area contributed by atoms with Crippen molar-refractivity contribution in [2.75, 3.05) is 19.3 Å². The second kappa shape index (κ2) is 5.77. The summed E-state index contributed by atoms with van der Waals surface area (Å²) in [6, 6.07) is 5.78. The van der Waals surface area contributed by atoms with Gasteiger partial charge in [0, 0.05) is 18.7 Å². The molecule has 1 saturated heterocycles. The van der Waals surface area contributed by atoms with Gasteiger partial charge in [-0.2, -0.15) is 0 Å². The topological polar surface area (TPSA) is 76.3 Å². The molecule has 1 unspecified atom stereocenters. The fourth-order valence-corrected chi connectivity index (χ4v) is 3.47. The highest BCUT2D eigenvalue weighted by Crippen LogP contribution is 2.29. The maximum absolute atomic E-state index is 12.9. The van der Waals surface area contributed by atoms with Gasteiger partial charge in [-0.15, -0.1) is 10.2 Å². The quantitative estimate of drug-likeness (QED) is 0.863. The van der Waals surface area contributed by atoms with Gasteiger partial charge in [-0.3, -0.25) is 0 Å². The van der Waals surface area contributed by atoms with E-state index in [2.05, 4.69) is 10.2 Å². The average Bonchev–Trinajstić information content (AvgIpc) is 2.97. The molecule has 0 bridgehead atoms. The van der Waals surface area contributed by atoms with Gasteiger partial charge < -0.3 is 4.42 Å². The predicted molar refractivity (Wildman–Crippen MR) is 78.1 cm³/mol. The highest BCUT2D eigenvalue weighted by Gasteiger charge is 2.30. The maximum atomic E-state index is 12.9. The van der Waals surface area contributed by atoms with Crippen LogP contribution in [0, 0.1) is 5.82 Å². The normalized spacial score (nSPS) is 20.2. The molecule has 118 valence electrons. The summed E-state index contributed by atoms with van der Waals surface area (Å²) in [5.74, 6) is 0.295. The van der Waals surface area contributed by atoms with Crippen LogP contribution in [0.2, 0.25) is 0 Å². The van der Waals surface area contributed by atoms with Crippen molar-refractivity contribution in [1.82, 2.24) is 14.5 Å². The Bertz CT molecular complexity index is 758. The summed E-state index contributed by atoms with van der Waals surface area (Å²) in [5.41, 5.74) is 0.635. The number of nitrogens with zero attached hydrogens (tertiary/aromatic N) is 3. The van der Waals surface area contributed by atoms with Gasteiger partial charge in [0.25, 0.3) is 0 Å². The monoisotopic (exact) mass is 325 g/mol. The molecule has 0 spiro atoms. The first-order chi connectivity index (χ1) is 10.4. The Hall–Kier alpha value is -1.80. The van der Waals surface area contributed by atoms with Crippen LogP contribution in [0.4, 0.5) is 4.39 Å². The Morgan fingerprint density at radius 3 is 2.68 bits per heavy atom. The van der Waals surface area contributed by atoms with Crippen LogP contribution >= 0.6 is 0 Å². The highest BCUT2D eigenvalue weighted by molar-refractivity contribution is 7.88. The SMILES string of the molecule is CS(=O)(=O)N1CCCC(c2nnc(-c3ccc(F)cc3)o2)C1. The van der Waals surface area contributed by atoms with Crippen LogP contribution in [0.25, 0.3) is 11.5 Å². The largest absolute Gasteiger partial charge is 0.420 e. The molecule has 0 saturated carbocycles. The molecule has 3 rings (SSSR count). The lowest BCUT2D eigenvalue weighted by Crippen LogP contribution is -2.38. The van der Waals surface area contributed by atoms with E-state index in [1.165, 1.54) is 22.7 Å². The standard InChI is InChI=1S/C14H16FN3O3S/c1-22(19,20)18-8-2-3-11(9-18)14-17-16-13(21-14)10-4-6-12(15)7-5-10/h4-7,11H,2-3,8-9H2,1H3. The number of hydrogen-bond donors (Lipinski definition) is 0. The molecule has 2 aromatic rings. The summed E-state index contributed by atoms with van der Waals surface area (Å²) in [6.45, 7) is 0.873. The van der Waals surface area contributed by atoms with Gasteiger partial charge in [-0.25, -0.2) is 17.1 Å². The maximum Gasteiger partial charge on any atom is 0.247 e. The Balaban J connectivity index is 1.80. The molecule has 1 aliphatic heterocycles. The number of aromatic nitrogens is 2. The van der Waals surface area contributed by atoms with Crippen molar-refractivity contribution in [1.29, 1.82) is 0 Å². The molecule has 1 fully saturated rings. The van der Waals surface area contributed by atoms with Crippen LogP contribution in [0.1, 0.15) is 24.7 Å². The summed E-state index contributed by atoms with van der Waals surface area (Å²) in [4.78, 5) is 0. The van der Waals surface area contributed by atoms with Gasteiger partial charge in [-0.05, 0) is 37.1 Å². The fourth-order valence-electron chi connectivity index (χ4n) is 2.55. The summed E-state index contributed by atoms with van der Waals surface area (Å²) in [5, 5.41) is 7.99. The molecular weight excluding hydrogens is 309 g/mol. The van der Waals surface area contributed by atoms with Crippen molar-refractivity contribution in [3.05, 3.63) is 36.0 Å². The third-order valence-corrected chi connectivity index (χ3v) is 5.00. The minimum atomic E-state index is -3.22. The van der Waals surface area contributed by atoms with Crippen molar-refractivity contribution in [3.63, 3.8) is 0 Å². The van der Waals surface area contributed by atoms with Gasteiger partial charge in [0.2, 0.25) is 21.8 Å². The van der Waals surface area contributed by atoms with E-state index in [4.69, 9.17) is 4.42 Å². The van der Waals surface area contributed by atoms with E-state index in [1.54, 1.807) is 12.1 Å². The van der Waals surface area contributed by atoms with Gasteiger partial charge in [0.1, 0.15) is 5.82 Å². The van der Waals surface area contributed by atoms with Crippen LogP contribution in [0.5, 0.6) is 0 Å². The minimum Gasteiger partial charge on any atom is -0.420 e. The number of hydrogen-bond acceptors (Lipinski definition) is 5. The Morgan fingerprint density at radius 2 is 2.00 bits per heavy atom. The fraction of sp³-hybridized carbons (Fsp3) is 0.429. The molecular formula is C14H16FN3O3S. The van der Waals surface area contributed by atoms with Crippen LogP contribution in [0.3, 0.4) is 0 Å². The molecule has 22 heavy (non-hydrogen) atoms. The van der Waals surface area contributed by atoms with Gasteiger partial charge in [-0.1, -0.05) is 0 Å². The first-order valence-corrected chi connectivity index (χ1v) is 8.83. The zero-order chi connectivity index (χ0) is 15.7. The zero-order valence-electron chi connectivity index (χ0n) is 12.1. The van der Waals surface area contributed by atoms with Crippen molar-refractivity contribution in [2.24, 2.45) is 0 Å². The van der Waals surface area contributed by atoms with Gasteiger partial charge in [0.15, 0.2) is 0 Å². The Labute approximate surface area is 128 Å². The number of piperidine rings is 1. The highest BCUT2D eigenvalue weighted by atomic mass is 32.2. The molecule has 0 radical (unpaired) electrons. The van der Waals surface area contributed by atoms with Gasteiger partial charge in [0.05, 0.1) is 12.2 Å². The van der Waals surface area contributed by atoms with E-state index in [0.717, 1.165) is 12.8 Å². The van der Waals surface area contributed by atoms with Crippen molar-refractivity contribution >= 4 is 10.0 Å². The molecule has 1 aromatic carbocycles. The smallest absolute Gasteiger partial charge is 0.247 e. The second-order valence-corrected chi connectivity index (χ2v) is 7.39. The second-order valence-electron chi connectivity index (χ2n) is 5.41. The van der Waals surface area contributed by atoms with E-state index < -0.39 is 10.0 Å². The van der Waals surface area contributed by atoms with Crippen LogP contribution in [-0.2, 0) is 10.0 Å². The summed E-state index contributed by atoms with van der Waals surface area (Å²) >= 11 is 0. The molecule has 0 aliphatic carbocycles. The van der Waals surface area contributed by atoms with Crippen molar-refractivity contribution in [3.8, 4) is 11.5 Å². The van der Waals surface area contributed by atoms with E-state index in [1.807, 2.05) is 0 Å². The molecule has 1 atom stereocenters. The third kappa shape index (κ3) is 3.17. The Morgan fingerprint density at radius 1 is 1.27 bits per heavy atom. The molecule has 6 nitrogen and oxygen atoms in total. The lowest BCUT2D eigenvalue weighted by atomic mass is 10.00. The summed E-state index contributed by atoms with van der Waals surface area (Å²) in [7, 11) is -3.22. The number of sulfonamides is 1. The molecule has 1 aromatic heterocycles. The third-order valence-electron chi connectivity index (χ3n) is 3.73. The van der Waals surface area contributed by atoms with Crippen molar-refractivity contribution in [2.45, 2.75) is 18.8 Å². The van der Waals surface area contributed by atoms with E-state index in [-0.39, 0.29) is 11.7 Å². The lowest BCUT2D eigenvalue weighted by molar-refractivity contribution is 0.287. The first kappa shape index (κ1) is 15.1. The Kier molecular flexibility index (Phi) is 3.96. The molecule has 1 aliphatic rings. The first-order valence-electron chi connectivity index (χ1n) is 6.98. The molecule has 8 heteroatoms.